The Morgan fingerprint density at radius 1 is 1.50 bits per heavy atom. The van der Waals surface area contributed by atoms with Crippen LogP contribution in [-0.4, -0.2) is 40.8 Å². The van der Waals surface area contributed by atoms with Crippen LogP contribution in [-0.2, 0) is 11.3 Å². The summed E-state index contributed by atoms with van der Waals surface area (Å²) in [6.45, 7) is 0.504. The normalized spacial score (nSPS) is 11.6. The van der Waals surface area contributed by atoms with Gasteiger partial charge in [0.15, 0.2) is 5.82 Å². The van der Waals surface area contributed by atoms with E-state index in [1.165, 1.54) is 6.07 Å². The van der Waals surface area contributed by atoms with Gasteiger partial charge in [0.2, 0.25) is 0 Å². The van der Waals surface area contributed by atoms with Crippen molar-refractivity contribution in [3.63, 3.8) is 0 Å². The van der Waals surface area contributed by atoms with Gasteiger partial charge in [0.05, 0.1) is 6.54 Å². The van der Waals surface area contributed by atoms with E-state index < -0.39 is 19.1 Å². The summed E-state index contributed by atoms with van der Waals surface area (Å²) in [5.74, 6) is -2.56. The second-order valence-corrected chi connectivity index (χ2v) is 3.60. The van der Waals surface area contributed by atoms with Gasteiger partial charge >= 0.3 is 0 Å². The highest BCUT2D eigenvalue weighted by Crippen LogP contribution is 2.15. The van der Waals surface area contributed by atoms with Crippen LogP contribution >= 0.6 is 0 Å². The molecule has 8 heteroatoms. The number of halogens is 2. The van der Waals surface area contributed by atoms with Crippen LogP contribution in [0.4, 0.5) is 20.4 Å². The van der Waals surface area contributed by atoms with E-state index in [4.69, 9.17) is 15.6 Å². The number of nitrogens with two attached hydrogens (primary N) is 1. The standard InChI is InChI=1S/C10H16F2N4O2/c1-2-18-4-9-15-7(13)3-8(16-9)14-5-10(11,12)6-17/h3,17H,2,4-6H2,1H3,(H3,13,14,15,16). The molecule has 0 aliphatic rings. The van der Waals surface area contributed by atoms with E-state index in [0.717, 1.165) is 0 Å². The maximum Gasteiger partial charge on any atom is 0.287 e. The first-order valence-electron chi connectivity index (χ1n) is 5.40. The Balaban J connectivity index is 2.68. The van der Waals surface area contributed by atoms with Crippen LogP contribution in [0.5, 0.6) is 0 Å². The zero-order chi connectivity index (χ0) is 13.6. The molecule has 4 N–H and O–H groups in total. The van der Waals surface area contributed by atoms with E-state index in [1.54, 1.807) is 0 Å². The van der Waals surface area contributed by atoms with Gasteiger partial charge in [0.25, 0.3) is 5.92 Å². The van der Waals surface area contributed by atoms with Gasteiger partial charge in [-0.25, -0.2) is 18.7 Å². The lowest BCUT2D eigenvalue weighted by Crippen LogP contribution is -2.31. The van der Waals surface area contributed by atoms with Crippen molar-refractivity contribution in [3.05, 3.63) is 11.9 Å². The molecule has 0 amide bonds. The predicted molar refractivity (Wildman–Crippen MR) is 62.3 cm³/mol. The first-order chi connectivity index (χ1) is 8.46. The number of hydrogen-bond acceptors (Lipinski definition) is 6. The van der Waals surface area contributed by atoms with Crippen molar-refractivity contribution < 1.29 is 18.6 Å². The lowest BCUT2D eigenvalue weighted by molar-refractivity contribution is -0.0373. The van der Waals surface area contributed by atoms with Crippen LogP contribution in [0.2, 0.25) is 0 Å². The number of nitrogens with zero attached hydrogens (tertiary/aromatic N) is 2. The zero-order valence-corrected chi connectivity index (χ0v) is 9.99. The van der Waals surface area contributed by atoms with Crippen molar-refractivity contribution in [3.8, 4) is 0 Å². The van der Waals surface area contributed by atoms with Gasteiger partial charge in [-0.15, -0.1) is 0 Å². The fourth-order valence-corrected chi connectivity index (χ4v) is 1.14. The molecule has 0 fully saturated rings. The summed E-state index contributed by atoms with van der Waals surface area (Å²) in [6.07, 6.45) is 0. The van der Waals surface area contributed by atoms with Crippen molar-refractivity contribution in [2.45, 2.75) is 19.5 Å². The third-order valence-corrected chi connectivity index (χ3v) is 1.99. The Kier molecular flexibility index (Phi) is 5.17. The average molecular weight is 262 g/mol. The molecular formula is C10H16F2N4O2. The molecule has 0 unspecified atom stereocenters. The van der Waals surface area contributed by atoms with E-state index in [9.17, 15) is 8.78 Å². The SMILES string of the molecule is CCOCc1nc(N)cc(NCC(F)(F)CO)n1. The highest BCUT2D eigenvalue weighted by molar-refractivity contribution is 5.44. The molecule has 0 atom stereocenters. The molecule has 0 radical (unpaired) electrons. The molecule has 1 aromatic rings. The Morgan fingerprint density at radius 2 is 2.22 bits per heavy atom. The molecular weight excluding hydrogens is 246 g/mol. The number of aliphatic hydroxyl groups excluding tert-OH is 1. The van der Waals surface area contributed by atoms with Crippen LogP contribution < -0.4 is 11.1 Å². The maximum absolute atomic E-state index is 12.8. The fraction of sp³-hybridized carbons (Fsp3) is 0.600. The van der Waals surface area contributed by atoms with Crippen molar-refractivity contribution in [1.82, 2.24) is 9.97 Å². The van der Waals surface area contributed by atoms with E-state index in [2.05, 4.69) is 15.3 Å². The van der Waals surface area contributed by atoms with Gasteiger partial charge in [0.1, 0.15) is 24.8 Å². The Hall–Kier alpha value is -1.54. The fourth-order valence-electron chi connectivity index (χ4n) is 1.14. The molecule has 102 valence electrons. The van der Waals surface area contributed by atoms with Gasteiger partial charge in [-0.05, 0) is 6.92 Å². The number of rotatable bonds is 7. The molecule has 18 heavy (non-hydrogen) atoms. The molecule has 6 nitrogen and oxygen atoms in total. The minimum atomic E-state index is -3.21. The zero-order valence-electron chi connectivity index (χ0n) is 9.99. The summed E-state index contributed by atoms with van der Waals surface area (Å²) >= 11 is 0. The number of aromatic nitrogens is 2. The minimum Gasteiger partial charge on any atom is -0.390 e. The molecule has 0 aliphatic carbocycles. The number of nitrogen functional groups attached to an aromatic ring is 1. The summed E-state index contributed by atoms with van der Waals surface area (Å²) in [7, 11) is 0. The second kappa shape index (κ2) is 6.41. The van der Waals surface area contributed by atoms with Crippen LogP contribution in [0.15, 0.2) is 6.07 Å². The van der Waals surface area contributed by atoms with E-state index in [1.807, 2.05) is 6.92 Å². The summed E-state index contributed by atoms with van der Waals surface area (Å²) in [5, 5.41) is 10.8. The smallest absolute Gasteiger partial charge is 0.287 e. The number of hydrogen-bond donors (Lipinski definition) is 3. The van der Waals surface area contributed by atoms with E-state index in [-0.39, 0.29) is 18.2 Å². The third kappa shape index (κ3) is 4.76. The number of anilines is 2. The molecule has 0 spiro atoms. The van der Waals surface area contributed by atoms with Crippen molar-refractivity contribution in [2.24, 2.45) is 0 Å². The molecule has 1 heterocycles. The molecule has 0 saturated carbocycles. The Labute approximate surface area is 103 Å². The quantitative estimate of drug-likeness (QED) is 0.667. The van der Waals surface area contributed by atoms with Crippen LogP contribution in [0.3, 0.4) is 0 Å². The average Bonchev–Trinajstić information content (AvgIpc) is 2.33. The first-order valence-corrected chi connectivity index (χ1v) is 5.40. The van der Waals surface area contributed by atoms with Crippen LogP contribution in [0.1, 0.15) is 12.7 Å². The molecule has 0 saturated heterocycles. The summed E-state index contributed by atoms with van der Waals surface area (Å²) < 4.78 is 30.8. The molecule has 1 aromatic heterocycles. The molecule has 0 bridgehead atoms. The van der Waals surface area contributed by atoms with Gasteiger partial charge in [-0.1, -0.05) is 0 Å². The lowest BCUT2D eigenvalue weighted by Gasteiger charge is -2.14. The van der Waals surface area contributed by atoms with Gasteiger partial charge in [0, 0.05) is 12.7 Å². The second-order valence-electron chi connectivity index (χ2n) is 3.60. The largest absolute Gasteiger partial charge is 0.390 e. The van der Waals surface area contributed by atoms with E-state index in [0.29, 0.717) is 12.4 Å². The van der Waals surface area contributed by atoms with Crippen LogP contribution in [0.25, 0.3) is 0 Å². The Bertz CT molecular complexity index is 390. The highest BCUT2D eigenvalue weighted by Gasteiger charge is 2.27. The predicted octanol–water partition coefficient (Wildman–Crippen LogP) is 0.635. The lowest BCUT2D eigenvalue weighted by atomic mass is 10.3. The Morgan fingerprint density at radius 3 is 2.83 bits per heavy atom. The third-order valence-electron chi connectivity index (χ3n) is 1.99. The summed E-state index contributed by atoms with van der Waals surface area (Å²) in [5.41, 5.74) is 5.52. The van der Waals surface area contributed by atoms with Gasteiger partial charge in [-0.2, -0.15) is 0 Å². The first kappa shape index (κ1) is 14.5. The van der Waals surface area contributed by atoms with Gasteiger partial charge in [-0.3, -0.25) is 0 Å². The van der Waals surface area contributed by atoms with Crippen molar-refractivity contribution in [1.29, 1.82) is 0 Å². The monoisotopic (exact) mass is 262 g/mol. The van der Waals surface area contributed by atoms with Gasteiger partial charge < -0.3 is 20.9 Å². The highest BCUT2D eigenvalue weighted by atomic mass is 19.3. The number of alkyl halides is 2. The molecule has 0 aromatic carbocycles. The number of ether oxygens (including phenoxy) is 1. The number of nitrogens with one attached hydrogen (secondary N) is 1. The van der Waals surface area contributed by atoms with E-state index >= 15 is 0 Å². The molecule has 1 rings (SSSR count). The van der Waals surface area contributed by atoms with Crippen molar-refractivity contribution >= 4 is 11.6 Å². The summed E-state index contributed by atoms with van der Waals surface area (Å²) in [4.78, 5) is 7.87. The van der Waals surface area contributed by atoms with Crippen molar-refractivity contribution in [2.75, 3.05) is 30.8 Å². The number of aliphatic hydroxyl groups is 1. The summed E-state index contributed by atoms with van der Waals surface area (Å²) in [6, 6.07) is 1.34. The van der Waals surface area contributed by atoms with Crippen LogP contribution in [0, 0.1) is 0 Å². The molecule has 0 aliphatic heterocycles. The maximum atomic E-state index is 12.8. The topological polar surface area (TPSA) is 93.3 Å². The minimum absolute atomic E-state index is 0.159.